The van der Waals surface area contributed by atoms with Crippen molar-refractivity contribution in [3.05, 3.63) is 65.2 Å². The van der Waals surface area contributed by atoms with Crippen LogP contribution in [0.1, 0.15) is 11.1 Å². The van der Waals surface area contributed by atoms with Crippen molar-refractivity contribution in [1.82, 2.24) is 5.32 Å². The molecule has 2 aromatic rings. The summed E-state index contributed by atoms with van der Waals surface area (Å²) in [4.78, 5) is 12.2. The Bertz CT molecular complexity index is 792. The summed E-state index contributed by atoms with van der Waals surface area (Å²) < 4.78 is 10.4. The Kier molecular flexibility index (Phi) is 6.61. The fraction of sp³-hybridized carbons (Fsp3) is 0.200. The molecule has 0 heterocycles. The maximum atomic E-state index is 12.2. The van der Waals surface area contributed by atoms with E-state index in [1.54, 1.807) is 25.3 Å². The third kappa shape index (κ3) is 5.11. The summed E-state index contributed by atoms with van der Waals surface area (Å²) in [5.41, 5.74) is 1.86. The first kappa shape index (κ1) is 18.1. The van der Waals surface area contributed by atoms with E-state index in [2.05, 4.69) is 5.32 Å². The minimum atomic E-state index is -0.395. The number of carbonyl (C=O) groups is 1. The second-order valence-corrected chi connectivity index (χ2v) is 5.28. The number of ether oxygens (including phenoxy) is 2. The van der Waals surface area contributed by atoms with Crippen molar-refractivity contribution in [3.8, 4) is 17.6 Å². The summed E-state index contributed by atoms with van der Waals surface area (Å²) in [5, 5.41) is 12.0. The lowest BCUT2D eigenvalue weighted by atomic mass is 10.1. The Hall–Kier alpha value is -3.26. The molecular formula is C20H20N2O3. The Morgan fingerprint density at radius 1 is 1.12 bits per heavy atom. The molecule has 0 saturated heterocycles. The fourth-order valence-electron chi connectivity index (χ4n) is 2.32. The first-order valence-corrected chi connectivity index (χ1v) is 7.84. The van der Waals surface area contributed by atoms with Crippen molar-refractivity contribution in [2.75, 3.05) is 20.8 Å². The number of hydrogen-bond acceptors (Lipinski definition) is 4. The summed E-state index contributed by atoms with van der Waals surface area (Å²) in [6.07, 6.45) is 2.24. The van der Waals surface area contributed by atoms with Crippen LogP contribution in [0.4, 0.5) is 0 Å². The lowest BCUT2D eigenvalue weighted by Crippen LogP contribution is -2.26. The maximum absolute atomic E-state index is 12.2. The second-order valence-electron chi connectivity index (χ2n) is 5.28. The van der Waals surface area contributed by atoms with Gasteiger partial charge in [-0.2, -0.15) is 5.26 Å². The van der Waals surface area contributed by atoms with Crippen molar-refractivity contribution in [2.24, 2.45) is 0 Å². The molecular weight excluding hydrogens is 316 g/mol. The van der Waals surface area contributed by atoms with Gasteiger partial charge in [-0.1, -0.05) is 36.4 Å². The third-order valence-electron chi connectivity index (χ3n) is 3.63. The summed E-state index contributed by atoms with van der Waals surface area (Å²) >= 11 is 0. The summed E-state index contributed by atoms with van der Waals surface area (Å²) in [5.74, 6) is 0.733. The van der Waals surface area contributed by atoms with E-state index >= 15 is 0 Å². The fourth-order valence-corrected chi connectivity index (χ4v) is 2.32. The Morgan fingerprint density at radius 2 is 1.84 bits per heavy atom. The molecule has 0 aliphatic rings. The topological polar surface area (TPSA) is 71.3 Å². The van der Waals surface area contributed by atoms with Gasteiger partial charge >= 0.3 is 0 Å². The predicted molar refractivity (Wildman–Crippen MR) is 96.3 cm³/mol. The molecule has 5 heteroatoms. The van der Waals surface area contributed by atoms with E-state index in [4.69, 9.17) is 9.47 Å². The zero-order chi connectivity index (χ0) is 18.1. The number of carbonyl (C=O) groups excluding carboxylic acids is 1. The van der Waals surface area contributed by atoms with Gasteiger partial charge < -0.3 is 14.8 Å². The average Bonchev–Trinajstić information content (AvgIpc) is 2.66. The van der Waals surface area contributed by atoms with E-state index in [1.165, 1.54) is 13.2 Å². The van der Waals surface area contributed by atoms with Gasteiger partial charge in [-0.15, -0.1) is 0 Å². The Morgan fingerprint density at radius 3 is 2.48 bits per heavy atom. The van der Waals surface area contributed by atoms with E-state index in [0.717, 1.165) is 5.56 Å². The molecule has 0 aromatic heterocycles. The molecule has 2 aromatic carbocycles. The van der Waals surface area contributed by atoms with E-state index in [-0.39, 0.29) is 5.57 Å². The van der Waals surface area contributed by atoms with Gasteiger partial charge in [-0.05, 0) is 35.8 Å². The monoisotopic (exact) mass is 336 g/mol. The Balaban J connectivity index is 2.04. The minimum absolute atomic E-state index is 0.0419. The lowest BCUT2D eigenvalue weighted by molar-refractivity contribution is -0.117. The van der Waals surface area contributed by atoms with Crippen LogP contribution >= 0.6 is 0 Å². The number of nitrogens with zero attached hydrogens (tertiary/aromatic N) is 1. The lowest BCUT2D eigenvalue weighted by Gasteiger charge is -2.08. The molecule has 0 atom stereocenters. The molecule has 25 heavy (non-hydrogen) atoms. The summed E-state index contributed by atoms with van der Waals surface area (Å²) in [6, 6.07) is 17.0. The number of hydrogen-bond donors (Lipinski definition) is 1. The van der Waals surface area contributed by atoms with Crippen molar-refractivity contribution in [2.45, 2.75) is 6.42 Å². The zero-order valence-corrected chi connectivity index (χ0v) is 14.3. The molecule has 128 valence electrons. The molecule has 0 fully saturated rings. The van der Waals surface area contributed by atoms with Crippen LogP contribution in [-0.4, -0.2) is 26.7 Å². The van der Waals surface area contributed by atoms with Gasteiger partial charge in [-0.3, -0.25) is 4.79 Å². The van der Waals surface area contributed by atoms with Crippen LogP contribution in [0.2, 0.25) is 0 Å². The van der Waals surface area contributed by atoms with Gasteiger partial charge in [0.05, 0.1) is 14.2 Å². The van der Waals surface area contributed by atoms with Crippen LogP contribution in [0, 0.1) is 11.3 Å². The molecule has 0 aliphatic heterocycles. The second kappa shape index (κ2) is 9.14. The SMILES string of the molecule is COc1ccc(/C=C(/C#N)C(=O)NCCc2ccccc2)cc1OC. The molecule has 0 spiro atoms. The summed E-state index contributed by atoms with van der Waals surface area (Å²) in [6.45, 7) is 0.466. The first-order valence-electron chi connectivity index (χ1n) is 7.84. The quantitative estimate of drug-likeness (QED) is 0.623. The highest BCUT2D eigenvalue weighted by molar-refractivity contribution is 6.01. The molecule has 0 bridgehead atoms. The Labute approximate surface area is 147 Å². The van der Waals surface area contributed by atoms with E-state index in [1.807, 2.05) is 36.4 Å². The van der Waals surface area contributed by atoms with Crippen LogP contribution in [0.3, 0.4) is 0 Å². The van der Waals surface area contributed by atoms with Gasteiger partial charge in [0.1, 0.15) is 11.6 Å². The van der Waals surface area contributed by atoms with Gasteiger partial charge in [0, 0.05) is 6.54 Å². The molecule has 0 unspecified atom stereocenters. The number of nitrogens with one attached hydrogen (secondary N) is 1. The number of amides is 1. The summed E-state index contributed by atoms with van der Waals surface area (Å²) in [7, 11) is 3.08. The normalized spacial score (nSPS) is 10.7. The van der Waals surface area contributed by atoms with E-state index in [9.17, 15) is 10.1 Å². The largest absolute Gasteiger partial charge is 0.493 e. The van der Waals surface area contributed by atoms with Crippen molar-refractivity contribution in [3.63, 3.8) is 0 Å². The molecule has 5 nitrogen and oxygen atoms in total. The number of nitriles is 1. The smallest absolute Gasteiger partial charge is 0.261 e. The highest BCUT2D eigenvalue weighted by Gasteiger charge is 2.10. The molecule has 0 saturated carbocycles. The van der Waals surface area contributed by atoms with E-state index < -0.39 is 5.91 Å². The first-order chi connectivity index (χ1) is 12.2. The number of benzene rings is 2. The standard InChI is InChI=1S/C20H20N2O3/c1-24-18-9-8-16(13-19(18)25-2)12-17(14-21)20(23)22-11-10-15-6-4-3-5-7-15/h3-9,12-13H,10-11H2,1-2H3,(H,22,23)/b17-12-. The van der Waals surface area contributed by atoms with Crippen molar-refractivity contribution >= 4 is 12.0 Å². The molecule has 1 N–H and O–H groups in total. The van der Waals surface area contributed by atoms with Crippen LogP contribution in [0.5, 0.6) is 11.5 Å². The highest BCUT2D eigenvalue weighted by atomic mass is 16.5. The van der Waals surface area contributed by atoms with Gasteiger partial charge in [0.25, 0.3) is 5.91 Å². The van der Waals surface area contributed by atoms with Gasteiger partial charge in [0.15, 0.2) is 11.5 Å². The minimum Gasteiger partial charge on any atom is -0.493 e. The third-order valence-corrected chi connectivity index (χ3v) is 3.63. The molecule has 1 amide bonds. The van der Waals surface area contributed by atoms with Crippen LogP contribution in [0.15, 0.2) is 54.1 Å². The molecule has 2 rings (SSSR count). The van der Waals surface area contributed by atoms with Gasteiger partial charge in [-0.25, -0.2) is 0 Å². The highest BCUT2D eigenvalue weighted by Crippen LogP contribution is 2.28. The molecule has 0 radical (unpaired) electrons. The van der Waals surface area contributed by atoms with Crippen LogP contribution < -0.4 is 14.8 Å². The van der Waals surface area contributed by atoms with Crippen LogP contribution in [-0.2, 0) is 11.2 Å². The zero-order valence-electron chi connectivity index (χ0n) is 14.3. The van der Waals surface area contributed by atoms with Crippen molar-refractivity contribution in [1.29, 1.82) is 5.26 Å². The molecule has 0 aliphatic carbocycles. The average molecular weight is 336 g/mol. The van der Waals surface area contributed by atoms with Crippen LogP contribution in [0.25, 0.3) is 6.08 Å². The van der Waals surface area contributed by atoms with Crippen molar-refractivity contribution < 1.29 is 14.3 Å². The maximum Gasteiger partial charge on any atom is 0.261 e. The van der Waals surface area contributed by atoms with E-state index in [0.29, 0.717) is 30.0 Å². The number of rotatable bonds is 7. The number of methoxy groups -OCH3 is 2. The predicted octanol–water partition coefficient (Wildman–Crippen LogP) is 2.97. The van der Waals surface area contributed by atoms with Gasteiger partial charge in [0.2, 0.25) is 0 Å².